The van der Waals surface area contributed by atoms with Crippen LogP contribution in [-0.4, -0.2) is 27.8 Å². The predicted octanol–water partition coefficient (Wildman–Crippen LogP) is 5.67. The van der Waals surface area contributed by atoms with Gasteiger partial charge in [0.05, 0.1) is 17.9 Å². The number of halogens is 1. The first-order valence-electron chi connectivity index (χ1n) is 10.4. The van der Waals surface area contributed by atoms with E-state index in [1.54, 1.807) is 48.6 Å². The molecule has 1 amide bonds. The topological polar surface area (TPSA) is 55.3 Å². The molecule has 33 heavy (non-hydrogen) atoms. The lowest BCUT2D eigenvalue weighted by molar-refractivity contribution is -0.126. The fourth-order valence-electron chi connectivity index (χ4n) is 3.42. The van der Waals surface area contributed by atoms with Gasteiger partial charge in [0.1, 0.15) is 5.75 Å². The summed E-state index contributed by atoms with van der Waals surface area (Å²) in [5.74, 6) is -0.232. The zero-order chi connectivity index (χ0) is 23.0. The van der Waals surface area contributed by atoms with Crippen LogP contribution >= 0.6 is 0 Å². The van der Waals surface area contributed by atoms with Crippen molar-refractivity contribution in [1.29, 1.82) is 0 Å². The molecular weight excluding hydrogens is 417 g/mol. The maximum Gasteiger partial charge on any atom is 0.247 e. The summed E-state index contributed by atoms with van der Waals surface area (Å²) in [4.78, 5) is 23.0. The Balaban J connectivity index is 1.51. The number of nitrogens with zero attached hydrogens (tertiary/aromatic N) is 3. The van der Waals surface area contributed by atoms with Crippen molar-refractivity contribution in [2.45, 2.75) is 6.04 Å². The van der Waals surface area contributed by atoms with E-state index < -0.39 is 5.82 Å². The highest BCUT2D eigenvalue weighted by molar-refractivity contribution is 5.92. The highest BCUT2D eigenvalue weighted by Gasteiger charge is 2.23. The quantitative estimate of drug-likeness (QED) is 0.348. The summed E-state index contributed by atoms with van der Waals surface area (Å²) in [6.45, 7) is 0. The minimum Gasteiger partial charge on any atom is -0.453 e. The van der Waals surface area contributed by atoms with Gasteiger partial charge in [0.15, 0.2) is 11.6 Å². The van der Waals surface area contributed by atoms with E-state index in [1.807, 2.05) is 48.5 Å². The third kappa shape index (κ3) is 5.49. The Morgan fingerprint density at radius 3 is 2.52 bits per heavy atom. The number of amides is 1. The van der Waals surface area contributed by atoms with Gasteiger partial charge in [-0.25, -0.2) is 4.39 Å². The van der Waals surface area contributed by atoms with Gasteiger partial charge in [-0.05, 0) is 53.6 Å². The minimum absolute atomic E-state index is 0.0860. The third-order valence-electron chi connectivity index (χ3n) is 5.05. The summed E-state index contributed by atoms with van der Waals surface area (Å²) in [5, 5.41) is 0. The van der Waals surface area contributed by atoms with Gasteiger partial charge in [0.25, 0.3) is 0 Å². The van der Waals surface area contributed by atoms with Crippen LogP contribution in [0.3, 0.4) is 0 Å². The lowest BCUT2D eigenvalue weighted by Crippen LogP contribution is -2.31. The molecule has 4 rings (SSSR count). The fourth-order valence-corrected chi connectivity index (χ4v) is 3.42. The maximum absolute atomic E-state index is 14.5. The van der Waals surface area contributed by atoms with E-state index in [0.717, 1.165) is 11.3 Å². The third-order valence-corrected chi connectivity index (χ3v) is 5.05. The highest BCUT2D eigenvalue weighted by atomic mass is 19.1. The molecule has 0 aliphatic carbocycles. The van der Waals surface area contributed by atoms with E-state index in [0.29, 0.717) is 11.3 Å². The molecule has 2 aromatic heterocycles. The summed E-state index contributed by atoms with van der Waals surface area (Å²) in [6.07, 6.45) is 7.83. The monoisotopic (exact) mass is 439 g/mol. The normalized spacial score (nSPS) is 11.8. The number of likely N-dealkylation sites (N-methyl/N-ethyl adjacent to an activating group) is 1. The number of aromatic nitrogens is 2. The summed E-state index contributed by atoms with van der Waals surface area (Å²) in [5.41, 5.74) is 2.25. The van der Waals surface area contributed by atoms with Crippen molar-refractivity contribution in [1.82, 2.24) is 14.9 Å². The largest absolute Gasteiger partial charge is 0.453 e. The molecule has 0 radical (unpaired) electrons. The summed E-state index contributed by atoms with van der Waals surface area (Å²) in [7, 11) is 1.73. The van der Waals surface area contributed by atoms with Crippen LogP contribution in [0.4, 0.5) is 4.39 Å². The number of hydrogen-bond acceptors (Lipinski definition) is 4. The molecule has 4 aromatic rings. The van der Waals surface area contributed by atoms with E-state index >= 15 is 0 Å². The van der Waals surface area contributed by atoms with E-state index in [-0.39, 0.29) is 17.7 Å². The first-order chi connectivity index (χ1) is 16.1. The summed E-state index contributed by atoms with van der Waals surface area (Å²) in [6, 6.07) is 22.9. The molecule has 0 fully saturated rings. The second kappa shape index (κ2) is 10.3. The van der Waals surface area contributed by atoms with Crippen LogP contribution in [0.15, 0.2) is 104 Å². The van der Waals surface area contributed by atoms with Crippen molar-refractivity contribution in [3.05, 3.63) is 126 Å². The molecule has 0 bridgehead atoms. The van der Waals surface area contributed by atoms with Crippen LogP contribution in [0.25, 0.3) is 6.08 Å². The van der Waals surface area contributed by atoms with Crippen molar-refractivity contribution in [2.75, 3.05) is 7.05 Å². The Hall–Kier alpha value is -4.32. The van der Waals surface area contributed by atoms with Crippen molar-refractivity contribution < 1.29 is 13.9 Å². The van der Waals surface area contributed by atoms with Gasteiger partial charge in [0.2, 0.25) is 5.91 Å². The van der Waals surface area contributed by atoms with Crippen LogP contribution in [0.5, 0.6) is 11.5 Å². The first kappa shape index (κ1) is 21.9. The number of carbonyl (C=O) groups is 1. The first-order valence-corrected chi connectivity index (χ1v) is 10.4. The van der Waals surface area contributed by atoms with E-state index in [2.05, 4.69) is 9.97 Å². The summed E-state index contributed by atoms with van der Waals surface area (Å²) >= 11 is 0. The average Bonchev–Trinajstić information content (AvgIpc) is 2.86. The number of benzene rings is 2. The number of carbonyl (C=O) groups excluding carboxylic acids is 1. The van der Waals surface area contributed by atoms with Crippen molar-refractivity contribution >= 4 is 12.0 Å². The van der Waals surface area contributed by atoms with Gasteiger partial charge in [-0.1, -0.05) is 42.5 Å². The van der Waals surface area contributed by atoms with Gasteiger partial charge < -0.3 is 9.64 Å². The van der Waals surface area contributed by atoms with Crippen molar-refractivity contribution in [2.24, 2.45) is 0 Å². The number of rotatable bonds is 7. The van der Waals surface area contributed by atoms with Gasteiger partial charge in [-0.15, -0.1) is 0 Å². The second-order valence-corrected chi connectivity index (χ2v) is 7.33. The fraction of sp³-hybridized carbons (Fsp3) is 0.0741. The average molecular weight is 439 g/mol. The molecule has 0 N–H and O–H groups in total. The maximum atomic E-state index is 14.5. The molecule has 0 saturated carbocycles. The lowest BCUT2D eigenvalue weighted by atomic mass is 10.0. The van der Waals surface area contributed by atoms with Crippen molar-refractivity contribution in [3.8, 4) is 11.5 Å². The lowest BCUT2D eigenvalue weighted by Gasteiger charge is -2.27. The standard InChI is InChI=1S/C27H22FN3O2/c1-31(27(21-8-3-2-4-9-21)24-11-5-6-17-30-24)26(32)15-13-20-12-14-25(23(28)18-20)33-22-10-7-16-29-19-22/h2-19,27H,1H3/b15-13+. The van der Waals surface area contributed by atoms with Crippen LogP contribution in [0, 0.1) is 5.82 Å². The zero-order valence-corrected chi connectivity index (χ0v) is 18.0. The molecular formula is C27H22FN3O2. The Morgan fingerprint density at radius 1 is 1.00 bits per heavy atom. The molecule has 0 spiro atoms. The van der Waals surface area contributed by atoms with Gasteiger partial charge >= 0.3 is 0 Å². The highest BCUT2D eigenvalue weighted by Crippen LogP contribution is 2.27. The molecule has 1 atom stereocenters. The Morgan fingerprint density at radius 2 is 1.82 bits per heavy atom. The molecule has 5 nitrogen and oxygen atoms in total. The smallest absolute Gasteiger partial charge is 0.247 e. The van der Waals surface area contributed by atoms with Crippen LogP contribution in [0.2, 0.25) is 0 Å². The molecule has 1 unspecified atom stereocenters. The molecule has 0 aliphatic heterocycles. The van der Waals surface area contributed by atoms with Crippen LogP contribution < -0.4 is 4.74 Å². The molecule has 2 aromatic carbocycles. The zero-order valence-electron chi connectivity index (χ0n) is 18.0. The predicted molar refractivity (Wildman–Crippen MR) is 125 cm³/mol. The van der Waals surface area contributed by atoms with Crippen LogP contribution in [0.1, 0.15) is 22.9 Å². The molecule has 2 heterocycles. The van der Waals surface area contributed by atoms with Crippen molar-refractivity contribution in [3.63, 3.8) is 0 Å². The molecule has 164 valence electrons. The second-order valence-electron chi connectivity index (χ2n) is 7.33. The molecule has 6 heteroatoms. The number of ether oxygens (including phenoxy) is 1. The Kier molecular flexibility index (Phi) is 6.85. The van der Waals surface area contributed by atoms with Gasteiger partial charge in [-0.2, -0.15) is 0 Å². The Bertz CT molecular complexity index is 1190. The molecule has 0 aliphatic rings. The van der Waals surface area contributed by atoms with E-state index in [1.165, 1.54) is 24.4 Å². The Labute approximate surface area is 191 Å². The molecule has 0 saturated heterocycles. The van der Waals surface area contributed by atoms with Gasteiger partial charge in [0, 0.05) is 25.5 Å². The SMILES string of the molecule is CN(C(=O)/C=C/c1ccc(Oc2cccnc2)c(F)c1)C(c1ccccc1)c1ccccn1. The van der Waals surface area contributed by atoms with Crippen LogP contribution in [-0.2, 0) is 4.79 Å². The number of hydrogen-bond donors (Lipinski definition) is 0. The summed E-state index contributed by atoms with van der Waals surface area (Å²) < 4.78 is 20.0. The van der Waals surface area contributed by atoms with Gasteiger partial charge in [-0.3, -0.25) is 14.8 Å². The van der Waals surface area contributed by atoms with E-state index in [9.17, 15) is 9.18 Å². The number of pyridine rings is 2. The van der Waals surface area contributed by atoms with E-state index in [4.69, 9.17) is 4.74 Å². The minimum atomic E-state index is -0.530.